The lowest BCUT2D eigenvalue weighted by atomic mass is 9.95. The lowest BCUT2D eigenvalue weighted by Crippen LogP contribution is -2.56. The molecule has 2 saturated heterocycles. The van der Waals surface area contributed by atoms with E-state index in [2.05, 4.69) is 24.1 Å². The van der Waals surface area contributed by atoms with Gasteiger partial charge < -0.3 is 19.7 Å². The molecule has 2 atom stereocenters. The number of carbonyl (C=O) groups excluding carboxylic acids is 1. The van der Waals surface area contributed by atoms with Crippen molar-refractivity contribution in [2.45, 2.75) is 51.9 Å². The molecule has 2 heterocycles. The Balaban J connectivity index is 1.40. The normalized spacial score (nSPS) is 20.6. The van der Waals surface area contributed by atoms with E-state index in [0.29, 0.717) is 38.3 Å². The molecule has 4 rings (SSSR count). The first-order valence-electron chi connectivity index (χ1n) is 12.3. The summed E-state index contributed by atoms with van der Waals surface area (Å²) in [6.07, 6.45) is 1.81. The predicted molar refractivity (Wildman–Crippen MR) is 130 cm³/mol. The van der Waals surface area contributed by atoms with E-state index in [1.807, 2.05) is 29.2 Å². The Morgan fingerprint density at radius 3 is 2.62 bits per heavy atom. The van der Waals surface area contributed by atoms with Crippen LogP contribution in [0.1, 0.15) is 37.8 Å². The van der Waals surface area contributed by atoms with Gasteiger partial charge in [-0.3, -0.25) is 4.90 Å². The van der Waals surface area contributed by atoms with E-state index in [1.54, 1.807) is 12.1 Å². The van der Waals surface area contributed by atoms with Crippen LogP contribution in [0.2, 0.25) is 0 Å². The number of morpholine rings is 1. The van der Waals surface area contributed by atoms with Gasteiger partial charge in [0, 0.05) is 38.3 Å². The van der Waals surface area contributed by atoms with Crippen molar-refractivity contribution in [3.8, 4) is 5.75 Å². The number of benzene rings is 2. The van der Waals surface area contributed by atoms with Crippen molar-refractivity contribution in [1.29, 1.82) is 0 Å². The molecule has 2 aromatic rings. The molecule has 184 valence electrons. The molecule has 6 nitrogen and oxygen atoms in total. The Bertz CT molecular complexity index is 920. The Morgan fingerprint density at radius 2 is 1.88 bits per heavy atom. The van der Waals surface area contributed by atoms with E-state index in [1.165, 1.54) is 12.1 Å². The number of rotatable bonds is 8. The Hall–Kier alpha value is -2.64. The second-order valence-electron chi connectivity index (χ2n) is 9.70. The molecule has 0 bridgehead atoms. The van der Waals surface area contributed by atoms with Crippen molar-refractivity contribution in [2.24, 2.45) is 5.92 Å². The van der Waals surface area contributed by atoms with Crippen LogP contribution in [0.5, 0.6) is 5.75 Å². The molecular weight excluding hydrogens is 433 g/mol. The van der Waals surface area contributed by atoms with Crippen molar-refractivity contribution in [3.63, 3.8) is 0 Å². The number of hydrogen-bond acceptors (Lipinski definition) is 4. The Labute approximate surface area is 202 Å². The fourth-order valence-corrected chi connectivity index (χ4v) is 4.63. The third-order valence-electron chi connectivity index (χ3n) is 6.56. The molecule has 2 aliphatic rings. The minimum atomic E-state index is -0.270. The summed E-state index contributed by atoms with van der Waals surface area (Å²) >= 11 is 0. The van der Waals surface area contributed by atoms with Gasteiger partial charge in [0.15, 0.2) is 0 Å². The lowest BCUT2D eigenvalue weighted by Gasteiger charge is -2.45. The van der Waals surface area contributed by atoms with Gasteiger partial charge in [-0.05, 0) is 54.2 Å². The quantitative estimate of drug-likeness (QED) is 0.621. The minimum absolute atomic E-state index is 0.0976. The summed E-state index contributed by atoms with van der Waals surface area (Å²) < 4.78 is 24.9. The molecule has 0 aliphatic carbocycles. The number of nitrogens with one attached hydrogen (secondary N) is 1. The first kappa shape index (κ1) is 24.5. The summed E-state index contributed by atoms with van der Waals surface area (Å²) in [4.78, 5) is 17.7. The SMILES string of the molecule is CC(C)COc1ccc(CNC(=O)N(Cc2ccc(F)cc2)[C@H]2CCN3CCOC[C@H]3C2)cc1. The summed E-state index contributed by atoms with van der Waals surface area (Å²) in [5.74, 6) is 1.04. The standard InChI is InChI=1S/C27H36FN3O3/c1-20(2)18-34-26-9-5-21(6-10-26)16-29-27(32)31(17-22-3-7-23(28)8-4-22)24-11-12-30-13-14-33-19-25(30)15-24/h3-10,20,24-25H,11-19H2,1-2H3,(H,29,32)/t24-,25+/m0/s1. The number of fused-ring (bicyclic) bond motifs is 1. The van der Waals surface area contributed by atoms with Crippen LogP contribution >= 0.6 is 0 Å². The summed E-state index contributed by atoms with van der Waals surface area (Å²) in [6, 6.07) is 14.6. The van der Waals surface area contributed by atoms with Crippen LogP contribution in [0, 0.1) is 11.7 Å². The molecule has 1 N–H and O–H groups in total. The molecular formula is C27H36FN3O3. The van der Waals surface area contributed by atoms with Gasteiger partial charge in [0.05, 0.1) is 19.8 Å². The highest BCUT2D eigenvalue weighted by molar-refractivity contribution is 5.74. The van der Waals surface area contributed by atoms with Gasteiger partial charge in [0.1, 0.15) is 11.6 Å². The number of piperidine rings is 1. The fraction of sp³-hybridized carbons (Fsp3) is 0.519. The molecule has 2 amide bonds. The second-order valence-corrected chi connectivity index (χ2v) is 9.70. The maximum atomic E-state index is 13.4. The van der Waals surface area contributed by atoms with Crippen molar-refractivity contribution in [2.75, 3.05) is 32.9 Å². The van der Waals surface area contributed by atoms with E-state index in [4.69, 9.17) is 9.47 Å². The zero-order chi connectivity index (χ0) is 23.9. The average molecular weight is 470 g/mol. The average Bonchev–Trinajstić information content (AvgIpc) is 2.86. The number of carbonyl (C=O) groups is 1. The van der Waals surface area contributed by atoms with Gasteiger partial charge in [-0.15, -0.1) is 0 Å². The van der Waals surface area contributed by atoms with E-state index < -0.39 is 0 Å². The molecule has 0 spiro atoms. The van der Waals surface area contributed by atoms with E-state index in [-0.39, 0.29) is 17.9 Å². The van der Waals surface area contributed by atoms with Gasteiger partial charge in [0.2, 0.25) is 0 Å². The number of urea groups is 1. The Morgan fingerprint density at radius 1 is 1.15 bits per heavy atom. The summed E-state index contributed by atoms with van der Waals surface area (Å²) in [5, 5.41) is 3.10. The highest BCUT2D eigenvalue weighted by Crippen LogP contribution is 2.26. The minimum Gasteiger partial charge on any atom is -0.493 e. The molecule has 34 heavy (non-hydrogen) atoms. The predicted octanol–water partition coefficient (Wildman–Crippen LogP) is 4.44. The number of halogens is 1. The molecule has 0 saturated carbocycles. The van der Waals surface area contributed by atoms with Crippen molar-refractivity contribution in [3.05, 3.63) is 65.5 Å². The smallest absolute Gasteiger partial charge is 0.318 e. The summed E-state index contributed by atoms with van der Waals surface area (Å²) in [7, 11) is 0. The number of amides is 2. The van der Waals surface area contributed by atoms with Crippen LogP contribution in [0.4, 0.5) is 9.18 Å². The van der Waals surface area contributed by atoms with Crippen LogP contribution in [-0.4, -0.2) is 60.8 Å². The summed E-state index contributed by atoms with van der Waals surface area (Å²) in [6.45, 7) is 9.22. The third kappa shape index (κ3) is 6.70. The van der Waals surface area contributed by atoms with Crippen LogP contribution in [-0.2, 0) is 17.8 Å². The topological polar surface area (TPSA) is 54.0 Å². The first-order chi connectivity index (χ1) is 16.5. The highest BCUT2D eigenvalue weighted by atomic mass is 19.1. The van der Waals surface area contributed by atoms with Gasteiger partial charge in [0.25, 0.3) is 0 Å². The lowest BCUT2D eigenvalue weighted by molar-refractivity contribution is -0.0398. The highest BCUT2D eigenvalue weighted by Gasteiger charge is 2.35. The van der Waals surface area contributed by atoms with E-state index >= 15 is 0 Å². The number of nitrogens with zero attached hydrogens (tertiary/aromatic N) is 2. The van der Waals surface area contributed by atoms with Crippen molar-refractivity contribution >= 4 is 6.03 Å². The van der Waals surface area contributed by atoms with Crippen molar-refractivity contribution in [1.82, 2.24) is 15.1 Å². The zero-order valence-corrected chi connectivity index (χ0v) is 20.2. The second kappa shape index (κ2) is 11.7. The summed E-state index contributed by atoms with van der Waals surface area (Å²) in [5.41, 5.74) is 1.94. The fourth-order valence-electron chi connectivity index (χ4n) is 4.63. The first-order valence-corrected chi connectivity index (χ1v) is 12.3. The monoisotopic (exact) mass is 469 g/mol. The molecule has 7 heteroatoms. The number of hydrogen-bond donors (Lipinski definition) is 1. The van der Waals surface area contributed by atoms with Crippen LogP contribution in [0.15, 0.2) is 48.5 Å². The Kier molecular flexibility index (Phi) is 8.40. The molecule has 2 aromatic carbocycles. The van der Waals surface area contributed by atoms with E-state index in [9.17, 15) is 9.18 Å². The van der Waals surface area contributed by atoms with Gasteiger partial charge in [-0.25, -0.2) is 9.18 Å². The third-order valence-corrected chi connectivity index (χ3v) is 6.56. The maximum absolute atomic E-state index is 13.4. The van der Waals surface area contributed by atoms with E-state index in [0.717, 1.165) is 49.4 Å². The molecule has 2 fully saturated rings. The largest absolute Gasteiger partial charge is 0.493 e. The van der Waals surface area contributed by atoms with Crippen LogP contribution < -0.4 is 10.1 Å². The molecule has 0 radical (unpaired) electrons. The van der Waals surface area contributed by atoms with Gasteiger partial charge in [-0.2, -0.15) is 0 Å². The molecule has 2 aliphatic heterocycles. The van der Waals surface area contributed by atoms with Crippen molar-refractivity contribution < 1.29 is 18.7 Å². The van der Waals surface area contributed by atoms with Crippen LogP contribution in [0.25, 0.3) is 0 Å². The van der Waals surface area contributed by atoms with Gasteiger partial charge >= 0.3 is 6.03 Å². The maximum Gasteiger partial charge on any atom is 0.318 e. The van der Waals surface area contributed by atoms with Gasteiger partial charge in [-0.1, -0.05) is 38.1 Å². The number of ether oxygens (including phenoxy) is 2. The zero-order valence-electron chi connectivity index (χ0n) is 20.2. The molecule has 0 aromatic heterocycles. The molecule has 0 unspecified atom stereocenters. The van der Waals surface area contributed by atoms with Crippen LogP contribution in [0.3, 0.4) is 0 Å².